The monoisotopic (exact) mass is 276 g/mol. The molecule has 1 unspecified atom stereocenters. The predicted molar refractivity (Wildman–Crippen MR) is 80.8 cm³/mol. The number of nitrogens with zero attached hydrogens (tertiary/aromatic N) is 1. The average Bonchev–Trinajstić information content (AvgIpc) is 2.86. The first-order valence-electron chi connectivity index (χ1n) is 7.35. The summed E-state index contributed by atoms with van der Waals surface area (Å²) in [5.74, 6) is 0.377. The van der Waals surface area contributed by atoms with Crippen molar-refractivity contribution in [2.24, 2.45) is 0 Å². The van der Waals surface area contributed by atoms with E-state index in [-0.39, 0.29) is 18.6 Å². The van der Waals surface area contributed by atoms with Crippen LogP contribution in [0.25, 0.3) is 0 Å². The molecule has 2 rings (SSSR count). The number of nitrogens with one attached hydrogen (secondary N) is 1. The molecule has 0 radical (unpaired) electrons. The molecule has 1 aromatic carbocycles. The fourth-order valence-corrected chi connectivity index (χ4v) is 2.80. The number of para-hydroxylation sites is 1. The maximum Gasteiger partial charge on any atom is 0.238 e. The molecule has 1 saturated heterocycles. The van der Waals surface area contributed by atoms with Gasteiger partial charge in [0, 0.05) is 11.7 Å². The molecule has 0 aliphatic carbocycles. The number of amides is 1. The molecule has 1 atom stereocenters. The Morgan fingerprint density at radius 2 is 2.20 bits per heavy atom. The summed E-state index contributed by atoms with van der Waals surface area (Å²) in [6, 6.07) is 8.07. The summed E-state index contributed by atoms with van der Waals surface area (Å²) in [7, 11) is 0. The van der Waals surface area contributed by atoms with Crippen LogP contribution in [-0.2, 0) is 4.79 Å². The Labute approximate surface area is 120 Å². The van der Waals surface area contributed by atoms with Gasteiger partial charge < -0.3 is 10.4 Å². The van der Waals surface area contributed by atoms with Crippen molar-refractivity contribution in [2.75, 3.05) is 25.0 Å². The molecule has 1 aliphatic heterocycles. The number of carbonyl (C=O) groups is 1. The van der Waals surface area contributed by atoms with Gasteiger partial charge in [0.05, 0.1) is 13.2 Å². The number of aliphatic hydroxyl groups is 1. The lowest BCUT2D eigenvalue weighted by molar-refractivity contribution is -0.117. The fourth-order valence-electron chi connectivity index (χ4n) is 2.80. The highest BCUT2D eigenvalue weighted by atomic mass is 16.3. The lowest BCUT2D eigenvalue weighted by atomic mass is 10.0. The van der Waals surface area contributed by atoms with Gasteiger partial charge in [-0.3, -0.25) is 9.69 Å². The zero-order chi connectivity index (χ0) is 14.5. The molecule has 1 heterocycles. The summed E-state index contributed by atoms with van der Waals surface area (Å²) in [6.07, 6.45) is 2.04. The first-order valence-corrected chi connectivity index (χ1v) is 7.35. The third-order valence-electron chi connectivity index (χ3n) is 3.91. The summed E-state index contributed by atoms with van der Waals surface area (Å²) in [6.45, 7) is 5.62. The number of aliphatic hydroxyl groups excluding tert-OH is 1. The topological polar surface area (TPSA) is 52.6 Å². The van der Waals surface area contributed by atoms with E-state index in [0.717, 1.165) is 30.6 Å². The normalized spacial score (nSPS) is 19.5. The number of hydrogen-bond acceptors (Lipinski definition) is 3. The number of rotatable bonds is 5. The van der Waals surface area contributed by atoms with E-state index in [4.69, 9.17) is 0 Å². The van der Waals surface area contributed by atoms with Crippen LogP contribution in [0.15, 0.2) is 24.3 Å². The van der Waals surface area contributed by atoms with Gasteiger partial charge in [0.15, 0.2) is 0 Å². The van der Waals surface area contributed by atoms with Gasteiger partial charge in [-0.05, 0) is 36.9 Å². The second-order valence-electron chi connectivity index (χ2n) is 5.74. The van der Waals surface area contributed by atoms with E-state index in [1.165, 1.54) is 0 Å². The van der Waals surface area contributed by atoms with Gasteiger partial charge in [-0.25, -0.2) is 0 Å². The van der Waals surface area contributed by atoms with Crippen LogP contribution < -0.4 is 5.32 Å². The van der Waals surface area contributed by atoms with Crippen molar-refractivity contribution in [3.63, 3.8) is 0 Å². The minimum Gasteiger partial charge on any atom is -0.395 e. The van der Waals surface area contributed by atoms with Crippen LogP contribution in [0.4, 0.5) is 5.69 Å². The summed E-state index contributed by atoms with van der Waals surface area (Å²) in [5.41, 5.74) is 2.05. The van der Waals surface area contributed by atoms with Gasteiger partial charge >= 0.3 is 0 Å². The Hall–Kier alpha value is -1.39. The van der Waals surface area contributed by atoms with Crippen LogP contribution >= 0.6 is 0 Å². The Morgan fingerprint density at radius 3 is 2.90 bits per heavy atom. The summed E-state index contributed by atoms with van der Waals surface area (Å²) in [4.78, 5) is 14.2. The van der Waals surface area contributed by atoms with E-state index >= 15 is 0 Å². The Bertz CT molecular complexity index is 460. The van der Waals surface area contributed by atoms with E-state index < -0.39 is 0 Å². The molecule has 0 saturated carbocycles. The van der Waals surface area contributed by atoms with Crippen molar-refractivity contribution in [3.8, 4) is 0 Å². The highest BCUT2D eigenvalue weighted by molar-refractivity contribution is 5.93. The molecule has 4 nitrogen and oxygen atoms in total. The highest BCUT2D eigenvalue weighted by Gasteiger charge is 2.25. The van der Waals surface area contributed by atoms with Crippen molar-refractivity contribution in [1.29, 1.82) is 0 Å². The van der Waals surface area contributed by atoms with E-state index in [0.29, 0.717) is 12.5 Å². The molecule has 4 heteroatoms. The largest absolute Gasteiger partial charge is 0.395 e. The summed E-state index contributed by atoms with van der Waals surface area (Å²) >= 11 is 0. The molecule has 2 N–H and O–H groups in total. The predicted octanol–water partition coefficient (Wildman–Crippen LogP) is 2.21. The number of carbonyl (C=O) groups excluding carboxylic acids is 1. The molecule has 1 aliphatic rings. The number of hydrogen-bond donors (Lipinski definition) is 2. The van der Waals surface area contributed by atoms with Crippen molar-refractivity contribution < 1.29 is 9.90 Å². The standard InChI is InChI=1S/C16H24N2O2/c1-12(2)14-7-3-4-8-15(14)17-16(20)10-18-9-5-6-13(18)11-19/h3-4,7-8,12-13,19H,5-6,9-11H2,1-2H3,(H,17,20). The molecule has 1 amide bonds. The zero-order valence-corrected chi connectivity index (χ0v) is 12.3. The lowest BCUT2D eigenvalue weighted by Crippen LogP contribution is -2.38. The minimum absolute atomic E-state index is 0.00144. The Kier molecular flexibility index (Phi) is 5.15. The van der Waals surface area contributed by atoms with Crippen LogP contribution in [0.2, 0.25) is 0 Å². The van der Waals surface area contributed by atoms with Crippen LogP contribution in [0.1, 0.15) is 38.2 Å². The number of likely N-dealkylation sites (tertiary alicyclic amines) is 1. The molecule has 1 fully saturated rings. The van der Waals surface area contributed by atoms with Crippen LogP contribution in [0.5, 0.6) is 0 Å². The first-order chi connectivity index (χ1) is 9.61. The SMILES string of the molecule is CC(C)c1ccccc1NC(=O)CN1CCCC1CO. The van der Waals surface area contributed by atoms with Crippen LogP contribution in [0, 0.1) is 0 Å². The molecule has 110 valence electrons. The average molecular weight is 276 g/mol. The number of benzene rings is 1. The van der Waals surface area contributed by atoms with Gasteiger partial charge in [-0.1, -0.05) is 32.0 Å². The van der Waals surface area contributed by atoms with Crippen molar-refractivity contribution in [1.82, 2.24) is 4.90 Å². The smallest absolute Gasteiger partial charge is 0.238 e. The maximum absolute atomic E-state index is 12.2. The van der Waals surface area contributed by atoms with Gasteiger partial charge in [-0.2, -0.15) is 0 Å². The summed E-state index contributed by atoms with van der Waals surface area (Å²) < 4.78 is 0. The lowest BCUT2D eigenvalue weighted by Gasteiger charge is -2.22. The second kappa shape index (κ2) is 6.86. The first kappa shape index (κ1) is 15.0. The van der Waals surface area contributed by atoms with E-state index in [1.807, 2.05) is 24.3 Å². The molecular formula is C16H24N2O2. The van der Waals surface area contributed by atoms with E-state index in [9.17, 15) is 9.90 Å². The quantitative estimate of drug-likeness (QED) is 0.867. The van der Waals surface area contributed by atoms with Gasteiger partial charge in [0.1, 0.15) is 0 Å². The van der Waals surface area contributed by atoms with Crippen molar-refractivity contribution >= 4 is 11.6 Å². The molecule has 1 aromatic rings. The van der Waals surface area contributed by atoms with E-state index in [1.54, 1.807) is 0 Å². The Morgan fingerprint density at radius 1 is 1.45 bits per heavy atom. The molecule has 20 heavy (non-hydrogen) atoms. The summed E-state index contributed by atoms with van der Waals surface area (Å²) in [5, 5.41) is 12.3. The van der Waals surface area contributed by atoms with E-state index in [2.05, 4.69) is 24.1 Å². The maximum atomic E-state index is 12.2. The molecule has 0 aromatic heterocycles. The van der Waals surface area contributed by atoms with Gasteiger partial charge in [-0.15, -0.1) is 0 Å². The minimum atomic E-state index is -0.00144. The third kappa shape index (κ3) is 3.58. The second-order valence-corrected chi connectivity index (χ2v) is 5.74. The molecule has 0 bridgehead atoms. The zero-order valence-electron chi connectivity index (χ0n) is 12.3. The molecular weight excluding hydrogens is 252 g/mol. The van der Waals surface area contributed by atoms with Crippen molar-refractivity contribution in [3.05, 3.63) is 29.8 Å². The number of anilines is 1. The fraction of sp³-hybridized carbons (Fsp3) is 0.562. The van der Waals surface area contributed by atoms with Crippen LogP contribution in [0.3, 0.4) is 0 Å². The van der Waals surface area contributed by atoms with Gasteiger partial charge in [0.2, 0.25) is 5.91 Å². The highest BCUT2D eigenvalue weighted by Crippen LogP contribution is 2.24. The Balaban J connectivity index is 1.98. The van der Waals surface area contributed by atoms with Gasteiger partial charge in [0.25, 0.3) is 0 Å². The third-order valence-corrected chi connectivity index (χ3v) is 3.91. The van der Waals surface area contributed by atoms with Crippen molar-refractivity contribution in [2.45, 2.75) is 38.6 Å². The van der Waals surface area contributed by atoms with Crippen LogP contribution in [-0.4, -0.2) is 41.7 Å². The molecule has 0 spiro atoms.